The highest BCUT2D eigenvalue weighted by molar-refractivity contribution is 5.73. The van der Waals surface area contributed by atoms with Crippen LogP contribution in [0, 0.1) is 11.8 Å². The fourth-order valence-corrected chi connectivity index (χ4v) is 2.81. The van der Waals surface area contributed by atoms with Crippen molar-refractivity contribution in [1.82, 2.24) is 5.32 Å². The molecule has 1 fully saturated rings. The van der Waals surface area contributed by atoms with E-state index in [2.05, 4.69) is 19.2 Å². The van der Waals surface area contributed by atoms with E-state index in [0.717, 1.165) is 6.42 Å². The minimum Gasteiger partial charge on any atom is -0.394 e. The molecular formula is C15H33NO3. The van der Waals surface area contributed by atoms with Crippen LogP contribution in [0.2, 0.25) is 0 Å². The largest absolute Gasteiger partial charge is 0.394 e. The average Bonchev–Trinajstić information content (AvgIpc) is 2.35. The Morgan fingerprint density at radius 1 is 1.32 bits per heavy atom. The maximum atomic E-state index is 11.1. The van der Waals surface area contributed by atoms with Crippen molar-refractivity contribution in [2.24, 2.45) is 11.8 Å². The van der Waals surface area contributed by atoms with E-state index in [0.29, 0.717) is 11.8 Å². The van der Waals surface area contributed by atoms with E-state index in [1.165, 1.54) is 6.92 Å². The lowest BCUT2D eigenvalue weighted by atomic mass is 9.78. The molecule has 116 valence electrons. The van der Waals surface area contributed by atoms with E-state index < -0.39 is 0 Å². The van der Waals surface area contributed by atoms with Gasteiger partial charge in [0, 0.05) is 6.92 Å². The molecule has 1 aliphatic rings. The molecule has 1 heterocycles. The van der Waals surface area contributed by atoms with E-state index in [1.807, 2.05) is 20.8 Å². The third-order valence-corrected chi connectivity index (χ3v) is 3.66. The monoisotopic (exact) mass is 275 g/mol. The number of aliphatic hydroxyl groups excluding tert-OH is 1. The number of ether oxygens (including phenoxy) is 1. The van der Waals surface area contributed by atoms with E-state index in [4.69, 9.17) is 4.74 Å². The van der Waals surface area contributed by atoms with E-state index >= 15 is 0 Å². The fourth-order valence-electron chi connectivity index (χ4n) is 2.81. The third-order valence-electron chi connectivity index (χ3n) is 3.66. The topological polar surface area (TPSA) is 58.6 Å². The zero-order valence-electron chi connectivity index (χ0n) is 12.6. The molecule has 4 heteroatoms. The van der Waals surface area contributed by atoms with Crippen LogP contribution < -0.4 is 5.32 Å². The number of nitrogens with one attached hydrogen (secondary N) is 1. The van der Waals surface area contributed by atoms with Gasteiger partial charge in [-0.3, -0.25) is 4.79 Å². The van der Waals surface area contributed by atoms with Crippen LogP contribution in [0.15, 0.2) is 0 Å². The van der Waals surface area contributed by atoms with Gasteiger partial charge in [-0.05, 0) is 18.8 Å². The summed E-state index contributed by atoms with van der Waals surface area (Å²) in [5.41, 5.74) is 0. The molecule has 0 bridgehead atoms. The Hall–Kier alpha value is -0.610. The summed E-state index contributed by atoms with van der Waals surface area (Å²) < 4.78 is 5.76. The molecule has 1 aliphatic heterocycles. The SMILES string of the molecule is C.CC.CC[C@@H]1C(C)O[C@@H](CO)C(NC(C)=O)[C@@H]1C. The van der Waals surface area contributed by atoms with Crippen molar-refractivity contribution in [1.29, 1.82) is 0 Å². The first kappa shape index (κ1) is 20.7. The number of rotatable bonds is 3. The second-order valence-electron chi connectivity index (χ2n) is 4.72. The van der Waals surface area contributed by atoms with Gasteiger partial charge in [-0.15, -0.1) is 0 Å². The predicted octanol–water partition coefficient (Wildman–Crippen LogP) is 2.60. The molecule has 0 radical (unpaired) electrons. The highest BCUT2D eigenvalue weighted by Gasteiger charge is 2.40. The Kier molecular flexibility index (Phi) is 11.1. The quantitative estimate of drug-likeness (QED) is 0.832. The van der Waals surface area contributed by atoms with Crippen LogP contribution in [0.5, 0.6) is 0 Å². The molecule has 5 atom stereocenters. The normalized spacial score (nSPS) is 33.5. The van der Waals surface area contributed by atoms with E-state index in [9.17, 15) is 9.90 Å². The van der Waals surface area contributed by atoms with Crippen molar-refractivity contribution in [2.45, 2.75) is 73.6 Å². The van der Waals surface area contributed by atoms with Crippen molar-refractivity contribution >= 4 is 5.91 Å². The molecule has 4 nitrogen and oxygen atoms in total. The van der Waals surface area contributed by atoms with Gasteiger partial charge in [0.05, 0.1) is 18.8 Å². The van der Waals surface area contributed by atoms with Crippen LogP contribution in [0.1, 0.15) is 55.4 Å². The van der Waals surface area contributed by atoms with Gasteiger partial charge >= 0.3 is 0 Å². The first-order valence-electron chi connectivity index (χ1n) is 7.04. The van der Waals surface area contributed by atoms with Gasteiger partial charge in [-0.2, -0.15) is 0 Å². The van der Waals surface area contributed by atoms with E-state index in [1.54, 1.807) is 0 Å². The zero-order chi connectivity index (χ0) is 14.3. The average molecular weight is 275 g/mol. The molecule has 0 aromatic rings. The van der Waals surface area contributed by atoms with Gasteiger partial charge in [0.25, 0.3) is 0 Å². The van der Waals surface area contributed by atoms with Crippen molar-refractivity contribution < 1.29 is 14.6 Å². The number of hydrogen-bond acceptors (Lipinski definition) is 3. The van der Waals surface area contributed by atoms with Crippen molar-refractivity contribution in [2.75, 3.05) is 6.61 Å². The van der Waals surface area contributed by atoms with Crippen LogP contribution in [-0.2, 0) is 9.53 Å². The summed E-state index contributed by atoms with van der Waals surface area (Å²) in [6.45, 7) is 11.7. The second-order valence-corrected chi connectivity index (χ2v) is 4.72. The van der Waals surface area contributed by atoms with Gasteiger partial charge in [0.1, 0.15) is 6.10 Å². The first-order valence-corrected chi connectivity index (χ1v) is 7.04. The molecule has 0 saturated carbocycles. The molecule has 19 heavy (non-hydrogen) atoms. The Morgan fingerprint density at radius 3 is 2.21 bits per heavy atom. The molecule has 1 amide bonds. The van der Waals surface area contributed by atoms with Gasteiger partial charge in [-0.1, -0.05) is 41.5 Å². The highest BCUT2D eigenvalue weighted by Crippen LogP contribution is 2.32. The number of hydrogen-bond donors (Lipinski definition) is 2. The summed E-state index contributed by atoms with van der Waals surface area (Å²) >= 11 is 0. The Morgan fingerprint density at radius 2 is 1.84 bits per heavy atom. The van der Waals surface area contributed by atoms with Crippen LogP contribution in [0.25, 0.3) is 0 Å². The van der Waals surface area contributed by atoms with Gasteiger partial charge < -0.3 is 15.2 Å². The van der Waals surface area contributed by atoms with Crippen LogP contribution in [0.3, 0.4) is 0 Å². The van der Waals surface area contributed by atoms with Crippen LogP contribution in [-0.4, -0.2) is 35.9 Å². The van der Waals surface area contributed by atoms with Crippen molar-refractivity contribution in [3.63, 3.8) is 0 Å². The lowest BCUT2D eigenvalue weighted by Crippen LogP contribution is -2.57. The van der Waals surface area contributed by atoms with Gasteiger partial charge in [-0.25, -0.2) is 0 Å². The molecular weight excluding hydrogens is 242 g/mol. The molecule has 1 saturated heterocycles. The van der Waals surface area contributed by atoms with Crippen LogP contribution in [0.4, 0.5) is 0 Å². The Balaban J connectivity index is 0. The fraction of sp³-hybridized carbons (Fsp3) is 0.933. The van der Waals surface area contributed by atoms with E-state index in [-0.39, 0.29) is 38.2 Å². The third kappa shape index (κ3) is 5.49. The van der Waals surface area contributed by atoms with Gasteiger partial charge in [0.2, 0.25) is 5.91 Å². The maximum Gasteiger partial charge on any atom is 0.217 e. The Labute approximate surface area is 118 Å². The number of amides is 1. The molecule has 0 spiro atoms. The lowest BCUT2D eigenvalue weighted by Gasteiger charge is -2.44. The van der Waals surface area contributed by atoms with Crippen molar-refractivity contribution in [3.05, 3.63) is 0 Å². The lowest BCUT2D eigenvalue weighted by molar-refractivity contribution is -0.143. The molecule has 2 unspecified atom stereocenters. The summed E-state index contributed by atoms with van der Waals surface area (Å²) in [7, 11) is 0. The molecule has 0 aliphatic carbocycles. The number of carbonyl (C=O) groups excluding carboxylic acids is 1. The summed E-state index contributed by atoms with van der Waals surface area (Å²) in [6.07, 6.45) is 0.884. The molecule has 0 aromatic heterocycles. The molecule has 2 N–H and O–H groups in total. The minimum absolute atomic E-state index is 0. The highest BCUT2D eigenvalue weighted by atomic mass is 16.5. The summed E-state index contributed by atoms with van der Waals surface area (Å²) in [5, 5.41) is 12.2. The Bertz CT molecular complexity index is 246. The summed E-state index contributed by atoms with van der Waals surface area (Å²) in [4.78, 5) is 11.1. The minimum atomic E-state index is -0.281. The number of carbonyl (C=O) groups is 1. The molecule has 1 rings (SSSR count). The summed E-state index contributed by atoms with van der Waals surface area (Å²) in [5.74, 6) is 0.692. The standard InChI is InChI=1S/C12H23NO3.C2H6.CH4/c1-5-10-7(2)12(13-9(4)15)11(6-14)16-8(10)3;1-2;/h7-8,10-12,14H,5-6H2,1-4H3,(H,13,15);1-2H3;1H4/t7-,8?,10+,11+,12?;;/m1../s1. The first-order chi connectivity index (χ1) is 8.51. The van der Waals surface area contributed by atoms with Crippen LogP contribution >= 0.6 is 0 Å². The predicted molar refractivity (Wildman–Crippen MR) is 80.0 cm³/mol. The number of aliphatic hydroxyl groups is 1. The van der Waals surface area contributed by atoms with Gasteiger partial charge in [0.15, 0.2) is 0 Å². The van der Waals surface area contributed by atoms with Crippen molar-refractivity contribution in [3.8, 4) is 0 Å². The molecule has 0 aromatic carbocycles. The smallest absolute Gasteiger partial charge is 0.217 e. The summed E-state index contributed by atoms with van der Waals surface area (Å²) in [6, 6.07) is -0.0800. The maximum absolute atomic E-state index is 11.1. The second kappa shape index (κ2) is 10.2. The zero-order valence-corrected chi connectivity index (χ0v) is 12.6.